The van der Waals surface area contributed by atoms with Crippen LogP contribution in [-0.2, 0) is 4.74 Å². The Bertz CT molecular complexity index is 173. The molecule has 2 nitrogen and oxygen atoms in total. The van der Waals surface area contributed by atoms with Crippen molar-refractivity contribution in [3.05, 3.63) is 0 Å². The Labute approximate surface area is 94.6 Å². The maximum atomic E-state index is 6.29. The van der Waals surface area contributed by atoms with Crippen LogP contribution in [-0.4, -0.2) is 18.8 Å². The van der Waals surface area contributed by atoms with Gasteiger partial charge in [0.1, 0.15) is 0 Å². The maximum Gasteiger partial charge on any atom is 0.0828 e. The van der Waals surface area contributed by atoms with E-state index in [9.17, 15) is 0 Å². The first-order chi connectivity index (χ1) is 7.10. The molecule has 15 heavy (non-hydrogen) atoms. The van der Waals surface area contributed by atoms with Crippen molar-refractivity contribution in [3.8, 4) is 0 Å². The lowest BCUT2D eigenvalue weighted by Gasteiger charge is -2.34. The van der Waals surface area contributed by atoms with Crippen LogP contribution >= 0.6 is 0 Å². The Balaban J connectivity index is 2.33. The van der Waals surface area contributed by atoms with E-state index in [2.05, 4.69) is 13.8 Å². The molecule has 0 heterocycles. The number of ether oxygens (including phenoxy) is 1. The third-order valence-corrected chi connectivity index (χ3v) is 3.83. The molecule has 0 amide bonds. The van der Waals surface area contributed by atoms with Crippen LogP contribution in [0.4, 0.5) is 0 Å². The van der Waals surface area contributed by atoms with E-state index in [1.807, 2.05) is 7.11 Å². The van der Waals surface area contributed by atoms with Crippen molar-refractivity contribution >= 4 is 0 Å². The minimum atomic E-state index is 0.0109. The molecule has 2 heteroatoms. The third kappa shape index (κ3) is 3.46. The standard InChI is InChI=1S/C13H27NO/c1-11(2)7-6-8-12(14)13(15-3)9-4-5-10-13/h11-12H,4-10,14H2,1-3H3. The van der Waals surface area contributed by atoms with Gasteiger partial charge in [-0.3, -0.25) is 0 Å². The van der Waals surface area contributed by atoms with Crippen molar-refractivity contribution in [3.63, 3.8) is 0 Å². The van der Waals surface area contributed by atoms with Crippen molar-refractivity contribution in [2.75, 3.05) is 7.11 Å². The van der Waals surface area contributed by atoms with E-state index in [0.29, 0.717) is 0 Å². The summed E-state index contributed by atoms with van der Waals surface area (Å²) in [6.45, 7) is 4.54. The second kappa shape index (κ2) is 5.86. The third-order valence-electron chi connectivity index (χ3n) is 3.83. The Morgan fingerprint density at radius 1 is 1.20 bits per heavy atom. The average Bonchev–Trinajstić information content (AvgIpc) is 2.66. The van der Waals surface area contributed by atoms with Crippen molar-refractivity contribution in [2.24, 2.45) is 11.7 Å². The van der Waals surface area contributed by atoms with E-state index < -0.39 is 0 Å². The molecule has 1 atom stereocenters. The van der Waals surface area contributed by atoms with Crippen LogP contribution in [0.15, 0.2) is 0 Å². The minimum Gasteiger partial charge on any atom is -0.377 e. The summed E-state index contributed by atoms with van der Waals surface area (Å²) in [7, 11) is 1.83. The molecule has 1 aliphatic carbocycles. The molecule has 0 aromatic rings. The number of methoxy groups -OCH3 is 1. The summed E-state index contributed by atoms with van der Waals surface area (Å²) in [5, 5.41) is 0. The van der Waals surface area contributed by atoms with Crippen molar-refractivity contribution in [1.82, 2.24) is 0 Å². The number of hydrogen-bond acceptors (Lipinski definition) is 2. The zero-order chi connectivity index (χ0) is 11.3. The van der Waals surface area contributed by atoms with Crippen LogP contribution in [0.3, 0.4) is 0 Å². The smallest absolute Gasteiger partial charge is 0.0828 e. The van der Waals surface area contributed by atoms with E-state index >= 15 is 0 Å². The highest BCUT2D eigenvalue weighted by molar-refractivity contribution is 4.94. The maximum absolute atomic E-state index is 6.29. The van der Waals surface area contributed by atoms with E-state index in [0.717, 1.165) is 25.2 Å². The molecule has 1 saturated carbocycles. The molecule has 1 rings (SSSR count). The Morgan fingerprint density at radius 3 is 2.27 bits per heavy atom. The Morgan fingerprint density at radius 2 is 1.80 bits per heavy atom. The highest BCUT2D eigenvalue weighted by atomic mass is 16.5. The largest absolute Gasteiger partial charge is 0.377 e. The molecule has 0 aromatic carbocycles. The average molecular weight is 213 g/mol. The van der Waals surface area contributed by atoms with E-state index in [-0.39, 0.29) is 11.6 Å². The fourth-order valence-electron chi connectivity index (χ4n) is 2.71. The molecule has 1 fully saturated rings. The van der Waals surface area contributed by atoms with Crippen LogP contribution in [0, 0.1) is 5.92 Å². The van der Waals surface area contributed by atoms with Crippen LogP contribution < -0.4 is 5.73 Å². The van der Waals surface area contributed by atoms with Gasteiger partial charge in [0.15, 0.2) is 0 Å². The summed E-state index contributed by atoms with van der Waals surface area (Å²) >= 11 is 0. The Hall–Kier alpha value is -0.0800. The topological polar surface area (TPSA) is 35.2 Å². The van der Waals surface area contributed by atoms with Crippen molar-refractivity contribution in [2.45, 2.75) is 70.4 Å². The molecule has 1 aliphatic rings. The summed E-state index contributed by atoms with van der Waals surface area (Å²) < 4.78 is 5.69. The first-order valence-corrected chi connectivity index (χ1v) is 6.41. The molecule has 0 aromatic heterocycles. The minimum absolute atomic E-state index is 0.0109. The van der Waals surface area contributed by atoms with Gasteiger partial charge in [0.05, 0.1) is 5.60 Å². The lowest BCUT2D eigenvalue weighted by molar-refractivity contribution is -0.0280. The lowest BCUT2D eigenvalue weighted by atomic mass is 9.88. The number of nitrogens with two attached hydrogens (primary N) is 1. The van der Waals surface area contributed by atoms with Crippen LogP contribution in [0.2, 0.25) is 0 Å². The highest BCUT2D eigenvalue weighted by Crippen LogP contribution is 2.36. The van der Waals surface area contributed by atoms with Gasteiger partial charge in [-0.2, -0.15) is 0 Å². The SMILES string of the molecule is COC1(C(N)CCCC(C)C)CCCC1. The van der Waals surface area contributed by atoms with Crippen LogP contribution in [0.25, 0.3) is 0 Å². The fraction of sp³-hybridized carbons (Fsp3) is 1.00. The number of rotatable bonds is 6. The van der Waals surface area contributed by atoms with Gasteiger partial charge < -0.3 is 10.5 Å². The molecular weight excluding hydrogens is 186 g/mol. The summed E-state index contributed by atoms with van der Waals surface area (Å²) in [6.07, 6.45) is 8.53. The molecule has 90 valence electrons. The van der Waals surface area contributed by atoms with E-state index in [1.54, 1.807) is 0 Å². The molecule has 1 unspecified atom stereocenters. The molecule has 2 N–H and O–H groups in total. The van der Waals surface area contributed by atoms with E-state index in [1.165, 1.54) is 25.7 Å². The van der Waals surface area contributed by atoms with Gasteiger partial charge in [0, 0.05) is 13.2 Å². The van der Waals surface area contributed by atoms with Gasteiger partial charge in [-0.1, -0.05) is 39.5 Å². The normalized spacial score (nSPS) is 22.2. The highest BCUT2D eigenvalue weighted by Gasteiger charge is 2.39. The summed E-state index contributed by atoms with van der Waals surface area (Å²) in [6, 6.07) is 0.240. The van der Waals surface area contributed by atoms with Gasteiger partial charge in [0.2, 0.25) is 0 Å². The predicted molar refractivity (Wildman–Crippen MR) is 64.9 cm³/mol. The van der Waals surface area contributed by atoms with Gasteiger partial charge in [-0.15, -0.1) is 0 Å². The molecule has 0 saturated heterocycles. The zero-order valence-electron chi connectivity index (χ0n) is 10.6. The second-order valence-electron chi connectivity index (χ2n) is 5.41. The summed E-state index contributed by atoms with van der Waals surface area (Å²) in [5.41, 5.74) is 6.30. The van der Waals surface area contributed by atoms with E-state index in [4.69, 9.17) is 10.5 Å². The quantitative estimate of drug-likeness (QED) is 0.736. The lowest BCUT2D eigenvalue weighted by Crippen LogP contribution is -2.47. The fourth-order valence-corrected chi connectivity index (χ4v) is 2.71. The van der Waals surface area contributed by atoms with Gasteiger partial charge in [0.25, 0.3) is 0 Å². The van der Waals surface area contributed by atoms with Crippen LogP contribution in [0.5, 0.6) is 0 Å². The predicted octanol–water partition coefficient (Wildman–Crippen LogP) is 3.10. The summed E-state index contributed by atoms with van der Waals surface area (Å²) in [4.78, 5) is 0. The molecule has 0 spiro atoms. The summed E-state index contributed by atoms with van der Waals surface area (Å²) in [5.74, 6) is 0.791. The molecule has 0 aliphatic heterocycles. The van der Waals surface area contributed by atoms with Gasteiger partial charge in [-0.25, -0.2) is 0 Å². The first-order valence-electron chi connectivity index (χ1n) is 6.41. The Kier molecular flexibility index (Phi) is 5.07. The molecule has 0 radical (unpaired) electrons. The molecule has 0 bridgehead atoms. The zero-order valence-corrected chi connectivity index (χ0v) is 10.6. The van der Waals surface area contributed by atoms with Gasteiger partial charge in [-0.05, 0) is 25.2 Å². The van der Waals surface area contributed by atoms with Crippen molar-refractivity contribution in [1.29, 1.82) is 0 Å². The second-order valence-corrected chi connectivity index (χ2v) is 5.41. The first kappa shape index (κ1) is 13.0. The van der Waals surface area contributed by atoms with Crippen molar-refractivity contribution < 1.29 is 4.74 Å². The number of hydrogen-bond donors (Lipinski definition) is 1. The monoisotopic (exact) mass is 213 g/mol. The van der Waals surface area contributed by atoms with Crippen LogP contribution in [0.1, 0.15) is 58.8 Å². The molecular formula is C13H27NO. The van der Waals surface area contributed by atoms with Gasteiger partial charge >= 0.3 is 0 Å².